The van der Waals surface area contributed by atoms with E-state index in [2.05, 4.69) is 5.32 Å². The van der Waals surface area contributed by atoms with Gasteiger partial charge in [0.05, 0.1) is 5.56 Å². The Morgan fingerprint density at radius 3 is 2.32 bits per heavy atom. The average molecular weight is 375 g/mol. The molecule has 2 rings (SSSR count). The van der Waals surface area contributed by atoms with Gasteiger partial charge in [-0.15, -0.1) is 0 Å². The van der Waals surface area contributed by atoms with E-state index in [9.17, 15) is 22.8 Å². The van der Waals surface area contributed by atoms with Crippen molar-refractivity contribution >= 4 is 23.6 Å². The van der Waals surface area contributed by atoms with Crippen LogP contribution in [0.25, 0.3) is 0 Å². The summed E-state index contributed by atoms with van der Waals surface area (Å²) in [4.78, 5) is 24.1. The van der Waals surface area contributed by atoms with E-state index in [0.717, 1.165) is 25.7 Å². The summed E-state index contributed by atoms with van der Waals surface area (Å²) < 4.78 is 41.9. The lowest BCUT2D eigenvalue weighted by Gasteiger charge is -2.24. The fraction of sp³-hybridized carbons (Fsp3) is 0.529. The summed E-state index contributed by atoms with van der Waals surface area (Å²) in [5.74, 6) is -1.10. The number of halogens is 3. The van der Waals surface area contributed by atoms with Crippen molar-refractivity contribution in [2.24, 2.45) is 0 Å². The van der Waals surface area contributed by atoms with Gasteiger partial charge in [0.25, 0.3) is 5.91 Å². The first-order chi connectivity index (χ1) is 11.7. The van der Waals surface area contributed by atoms with Gasteiger partial charge in [0.15, 0.2) is 6.10 Å². The Labute approximate surface area is 148 Å². The van der Waals surface area contributed by atoms with Crippen molar-refractivity contribution < 1.29 is 27.5 Å². The van der Waals surface area contributed by atoms with Crippen molar-refractivity contribution in [1.29, 1.82) is 0 Å². The van der Waals surface area contributed by atoms with Crippen LogP contribution in [0.1, 0.15) is 49.4 Å². The molecule has 1 aliphatic carbocycles. The molecule has 4 nitrogen and oxygen atoms in total. The molecule has 1 amide bonds. The number of carbonyl (C=O) groups excluding carboxylic acids is 2. The molecule has 0 spiro atoms. The van der Waals surface area contributed by atoms with Gasteiger partial charge >= 0.3 is 11.5 Å². The molecular formula is C17H20F3NO3S. The van der Waals surface area contributed by atoms with Gasteiger partial charge in [-0.1, -0.05) is 19.3 Å². The van der Waals surface area contributed by atoms with Crippen LogP contribution in [-0.4, -0.2) is 29.5 Å². The van der Waals surface area contributed by atoms with Crippen molar-refractivity contribution in [2.45, 2.75) is 61.6 Å². The van der Waals surface area contributed by atoms with Crippen LogP contribution in [-0.2, 0) is 9.53 Å². The summed E-state index contributed by atoms with van der Waals surface area (Å²) in [5, 5.41) is 2.87. The van der Waals surface area contributed by atoms with E-state index in [0.29, 0.717) is 0 Å². The molecule has 1 aromatic carbocycles. The highest BCUT2D eigenvalue weighted by atomic mass is 32.2. The molecule has 1 aromatic rings. The molecule has 0 unspecified atom stereocenters. The van der Waals surface area contributed by atoms with E-state index < -0.39 is 17.6 Å². The predicted octanol–water partition coefficient (Wildman–Crippen LogP) is 4.29. The number of esters is 1. The smallest absolute Gasteiger partial charge is 0.446 e. The number of alkyl halides is 3. The molecule has 0 aliphatic heterocycles. The highest BCUT2D eigenvalue weighted by Crippen LogP contribution is 2.36. The van der Waals surface area contributed by atoms with Gasteiger partial charge in [0, 0.05) is 10.9 Å². The molecule has 138 valence electrons. The first-order valence-corrected chi connectivity index (χ1v) is 8.93. The third-order valence-electron chi connectivity index (χ3n) is 3.93. The zero-order valence-electron chi connectivity index (χ0n) is 13.8. The first-order valence-electron chi connectivity index (χ1n) is 8.12. The maximum atomic E-state index is 12.3. The van der Waals surface area contributed by atoms with Gasteiger partial charge in [-0.2, -0.15) is 13.2 Å². The quantitative estimate of drug-likeness (QED) is 0.616. The van der Waals surface area contributed by atoms with E-state index in [-0.39, 0.29) is 34.2 Å². The number of nitrogens with one attached hydrogen (secondary N) is 1. The minimum absolute atomic E-state index is 0.0212. The van der Waals surface area contributed by atoms with Gasteiger partial charge in [0.1, 0.15) is 0 Å². The number of carbonyl (C=O) groups is 2. The lowest BCUT2D eigenvalue weighted by Crippen LogP contribution is -2.42. The summed E-state index contributed by atoms with van der Waals surface area (Å²) in [6, 6.07) is 5.01. The third kappa shape index (κ3) is 6.61. The van der Waals surface area contributed by atoms with Crippen molar-refractivity contribution in [2.75, 3.05) is 0 Å². The molecule has 25 heavy (non-hydrogen) atoms. The molecule has 0 saturated heterocycles. The number of amides is 1. The minimum Gasteiger partial charge on any atom is -0.449 e. The molecule has 0 radical (unpaired) electrons. The molecule has 1 fully saturated rings. The third-order valence-corrected chi connectivity index (χ3v) is 4.67. The molecule has 0 aromatic heterocycles. The van der Waals surface area contributed by atoms with Crippen LogP contribution >= 0.6 is 11.8 Å². The average Bonchev–Trinajstić information content (AvgIpc) is 2.54. The summed E-state index contributed by atoms with van der Waals surface area (Å²) >= 11 is -0.257. The van der Waals surface area contributed by atoms with Gasteiger partial charge in [-0.3, -0.25) is 4.79 Å². The summed E-state index contributed by atoms with van der Waals surface area (Å²) in [5.41, 5.74) is -4.28. The largest absolute Gasteiger partial charge is 0.449 e. The number of rotatable bonds is 5. The Bertz CT molecular complexity index is 598. The highest BCUT2D eigenvalue weighted by molar-refractivity contribution is 8.00. The number of benzene rings is 1. The Morgan fingerprint density at radius 1 is 1.16 bits per heavy atom. The Hall–Kier alpha value is -1.70. The van der Waals surface area contributed by atoms with E-state index in [1.807, 2.05) is 0 Å². The second-order valence-electron chi connectivity index (χ2n) is 5.96. The fourth-order valence-electron chi connectivity index (χ4n) is 2.64. The Kier molecular flexibility index (Phi) is 6.75. The number of hydrogen-bond donors (Lipinski definition) is 1. The first kappa shape index (κ1) is 19.6. The van der Waals surface area contributed by atoms with Crippen molar-refractivity contribution in [3.63, 3.8) is 0 Å². The van der Waals surface area contributed by atoms with Crippen molar-refractivity contribution in [3.8, 4) is 0 Å². The van der Waals surface area contributed by atoms with Crippen LogP contribution in [0.5, 0.6) is 0 Å². The predicted molar refractivity (Wildman–Crippen MR) is 88.2 cm³/mol. The van der Waals surface area contributed by atoms with Gasteiger partial charge in [-0.25, -0.2) is 4.79 Å². The highest BCUT2D eigenvalue weighted by Gasteiger charge is 2.29. The van der Waals surface area contributed by atoms with Gasteiger partial charge < -0.3 is 10.1 Å². The van der Waals surface area contributed by atoms with Gasteiger partial charge in [0.2, 0.25) is 0 Å². The van der Waals surface area contributed by atoms with Crippen LogP contribution in [0.2, 0.25) is 0 Å². The second kappa shape index (κ2) is 8.60. The van der Waals surface area contributed by atoms with Crippen LogP contribution in [0, 0.1) is 0 Å². The zero-order valence-corrected chi connectivity index (χ0v) is 14.6. The maximum Gasteiger partial charge on any atom is 0.446 e. The normalized spacial score (nSPS) is 17.0. The van der Waals surface area contributed by atoms with Crippen LogP contribution in [0.4, 0.5) is 13.2 Å². The van der Waals surface area contributed by atoms with Crippen molar-refractivity contribution in [3.05, 3.63) is 29.8 Å². The topological polar surface area (TPSA) is 55.4 Å². The summed E-state index contributed by atoms with van der Waals surface area (Å²) in [6.07, 6.45) is 4.19. The molecular weight excluding hydrogens is 355 g/mol. The summed E-state index contributed by atoms with van der Waals surface area (Å²) in [6.45, 7) is 1.48. The number of ether oxygens (including phenoxy) is 1. The van der Waals surface area contributed by atoms with E-state index in [4.69, 9.17) is 4.74 Å². The van der Waals surface area contributed by atoms with Gasteiger partial charge in [-0.05, 0) is 55.8 Å². The Balaban J connectivity index is 1.86. The molecule has 1 saturated carbocycles. The molecule has 1 N–H and O–H groups in total. The molecule has 0 heterocycles. The minimum atomic E-state index is -4.38. The Morgan fingerprint density at radius 2 is 1.76 bits per heavy atom. The van der Waals surface area contributed by atoms with Crippen LogP contribution < -0.4 is 5.32 Å². The lowest BCUT2D eigenvalue weighted by atomic mass is 9.95. The summed E-state index contributed by atoms with van der Waals surface area (Å²) in [7, 11) is 0. The fourth-order valence-corrected chi connectivity index (χ4v) is 3.18. The number of hydrogen-bond acceptors (Lipinski definition) is 4. The second-order valence-corrected chi connectivity index (χ2v) is 7.10. The monoisotopic (exact) mass is 375 g/mol. The maximum absolute atomic E-state index is 12.3. The SMILES string of the molecule is C[C@H](OC(=O)c1ccc(SC(F)(F)F)cc1)C(=O)NC1CCCCC1. The molecule has 1 aliphatic rings. The van der Waals surface area contributed by atoms with Crippen LogP contribution in [0.3, 0.4) is 0 Å². The van der Waals surface area contributed by atoms with E-state index in [1.54, 1.807) is 0 Å². The zero-order chi connectivity index (χ0) is 18.4. The van der Waals surface area contributed by atoms with Crippen LogP contribution in [0.15, 0.2) is 29.2 Å². The standard InChI is InChI=1S/C17H20F3NO3S/c1-11(15(22)21-13-5-3-2-4-6-13)24-16(23)12-7-9-14(10-8-12)25-17(18,19)20/h7-11,13H,2-6H2,1H3,(H,21,22)/t11-/m0/s1. The lowest BCUT2D eigenvalue weighted by molar-refractivity contribution is -0.130. The molecule has 8 heteroatoms. The van der Waals surface area contributed by atoms with E-state index in [1.165, 1.54) is 37.6 Å². The molecule has 1 atom stereocenters. The van der Waals surface area contributed by atoms with Crippen molar-refractivity contribution in [1.82, 2.24) is 5.32 Å². The van der Waals surface area contributed by atoms with E-state index >= 15 is 0 Å². The molecule has 0 bridgehead atoms. The number of thioether (sulfide) groups is 1.